The Hall–Kier alpha value is -16.5. The highest BCUT2D eigenvalue weighted by atomic mass is 14.9. The Morgan fingerprint density at radius 2 is 0.414 bits per heavy atom. The van der Waals surface area contributed by atoms with Gasteiger partial charge in [0.05, 0.1) is 34.2 Å². The molecular formula is C127H88N6. The van der Waals surface area contributed by atoms with E-state index in [9.17, 15) is 0 Å². The first kappa shape index (κ1) is 78.7. The topological polar surface area (TPSA) is 77.3 Å². The van der Waals surface area contributed by atoms with Crippen LogP contribution in [0.1, 0.15) is 74.9 Å². The summed E-state index contributed by atoms with van der Waals surface area (Å²) in [6, 6.07) is 153. The maximum absolute atomic E-state index is 5.30. The van der Waals surface area contributed by atoms with Crippen LogP contribution in [0.4, 0.5) is 0 Å². The molecule has 0 saturated heterocycles. The molecule has 3 aromatic heterocycles. The molecule has 0 amide bonds. The molecule has 24 aromatic rings. The number of hydrogen-bond acceptors (Lipinski definition) is 6. The highest BCUT2D eigenvalue weighted by Crippen LogP contribution is 2.57. The van der Waals surface area contributed by atoms with Crippen LogP contribution in [0.3, 0.4) is 0 Å². The van der Waals surface area contributed by atoms with Crippen molar-refractivity contribution in [2.75, 3.05) is 0 Å². The number of aromatic nitrogens is 6. The minimum absolute atomic E-state index is 0.248. The molecule has 0 atom stereocenters. The van der Waals surface area contributed by atoms with Gasteiger partial charge in [0.1, 0.15) is 0 Å². The summed E-state index contributed by atoms with van der Waals surface area (Å²) in [5.74, 6) is 2.28. The molecule has 27 rings (SSSR count). The average molecular weight is 1700 g/mol. The Morgan fingerprint density at radius 3 is 0.812 bits per heavy atom. The third kappa shape index (κ3) is 12.7. The van der Waals surface area contributed by atoms with E-state index in [1.165, 1.54) is 180 Å². The zero-order chi connectivity index (χ0) is 89.0. The summed E-state index contributed by atoms with van der Waals surface area (Å²) in [4.78, 5) is 31.4. The van der Waals surface area contributed by atoms with Gasteiger partial charge in [0.25, 0.3) is 0 Å². The van der Waals surface area contributed by atoms with E-state index in [1.54, 1.807) is 0 Å². The van der Waals surface area contributed by atoms with Crippen LogP contribution in [0.15, 0.2) is 425 Å². The van der Waals surface area contributed by atoms with Gasteiger partial charge in [-0.3, -0.25) is 0 Å². The third-order valence-electron chi connectivity index (χ3n) is 28.7. The first-order valence-electron chi connectivity index (χ1n) is 46.1. The quantitative estimate of drug-likeness (QED) is 0.134. The first-order valence-corrected chi connectivity index (χ1v) is 46.1. The van der Waals surface area contributed by atoms with Crippen LogP contribution in [0.2, 0.25) is 0 Å². The standard InChI is InChI=1S/2C43H30N2.C41H28N2/c1-43(2)38-24-22-30(29-21-23-35-33-19-10-9-17-31(33)32-18-11-12-20-34(32)36(35)25-29)26-37(38)41-39(43)40(27-13-5-3-6-14-27)44-42(45-41)28-15-7-4-8-16-28;1-43(2)38-26-30(29-21-23-35-33-19-10-9-17-31(33)32-18-11-12-20-34(32)37(35)25-29)22-24-36(38)41-39(43)40(27-13-5-3-6-14-27)44-42(45-41)28-15-7-4-8-16-28;1-41(2)34-24-30(31-21-18-27-17-16-25-14-9-15-26-19-22-32(31)36(27)35(25)26)20-23-33(34)39-37(41)38(28-10-5-3-6-11-28)42-40(43-39)29-12-7-4-8-13-29/h2*3-26H,1-2H3;3-24H,1-2H3. The van der Waals surface area contributed by atoms with E-state index in [4.69, 9.17) is 29.9 Å². The summed E-state index contributed by atoms with van der Waals surface area (Å²) in [5, 5.41) is 23.4. The highest BCUT2D eigenvalue weighted by Gasteiger charge is 2.44. The fourth-order valence-corrected chi connectivity index (χ4v) is 22.2. The number of hydrogen-bond donors (Lipinski definition) is 0. The van der Waals surface area contributed by atoms with Gasteiger partial charge in [0.2, 0.25) is 0 Å². The number of nitrogens with zero attached hydrogens (tertiary/aromatic N) is 6. The summed E-state index contributed by atoms with van der Waals surface area (Å²) >= 11 is 0. The second-order valence-electron chi connectivity index (χ2n) is 37.4. The van der Waals surface area contributed by atoms with E-state index in [1.807, 2.05) is 30.3 Å². The molecule has 0 spiro atoms. The lowest BCUT2D eigenvalue weighted by atomic mass is 9.79. The summed E-state index contributed by atoms with van der Waals surface area (Å²) in [6.45, 7) is 13.9. The average Bonchev–Trinajstić information content (AvgIpc) is 1.54. The fraction of sp³-hybridized carbons (Fsp3) is 0.0709. The maximum atomic E-state index is 5.30. The summed E-state index contributed by atoms with van der Waals surface area (Å²) in [6.07, 6.45) is 0. The molecule has 0 N–H and O–H groups in total. The molecule has 133 heavy (non-hydrogen) atoms. The molecule has 3 heterocycles. The summed E-state index contributed by atoms with van der Waals surface area (Å²) in [5.41, 5.74) is 30.1. The second kappa shape index (κ2) is 30.8. The van der Waals surface area contributed by atoms with Gasteiger partial charge >= 0.3 is 0 Å². The molecule has 0 bridgehead atoms. The first-order chi connectivity index (χ1) is 65.2. The molecule has 3 aliphatic carbocycles. The molecular weight excluding hydrogens is 1610 g/mol. The van der Waals surface area contributed by atoms with Crippen LogP contribution in [-0.2, 0) is 16.2 Å². The Morgan fingerprint density at radius 1 is 0.150 bits per heavy atom. The van der Waals surface area contributed by atoms with Crippen LogP contribution in [0, 0.1) is 0 Å². The Kier molecular flexibility index (Phi) is 18.2. The number of benzene rings is 21. The maximum Gasteiger partial charge on any atom is 0.160 e. The summed E-state index contributed by atoms with van der Waals surface area (Å²) in [7, 11) is 0. The molecule has 0 radical (unpaired) electrons. The summed E-state index contributed by atoms with van der Waals surface area (Å²) < 4.78 is 0. The van der Waals surface area contributed by atoms with Gasteiger partial charge in [-0.1, -0.05) is 436 Å². The number of fused-ring (bicyclic) bond motifs is 21. The lowest BCUT2D eigenvalue weighted by molar-refractivity contribution is 0.657. The minimum atomic E-state index is -0.277. The monoisotopic (exact) mass is 1700 g/mol. The van der Waals surface area contributed by atoms with E-state index in [0.29, 0.717) is 0 Å². The van der Waals surface area contributed by atoms with Crippen LogP contribution in [0.25, 0.3) is 232 Å². The van der Waals surface area contributed by atoms with Gasteiger partial charge in [-0.05, 0) is 177 Å². The third-order valence-corrected chi connectivity index (χ3v) is 28.7. The molecule has 0 unspecified atom stereocenters. The molecule has 0 aliphatic heterocycles. The minimum Gasteiger partial charge on any atom is -0.228 e. The van der Waals surface area contributed by atoms with Crippen molar-refractivity contribution < 1.29 is 0 Å². The lowest BCUT2D eigenvalue weighted by Crippen LogP contribution is -2.17. The van der Waals surface area contributed by atoms with Crippen molar-refractivity contribution >= 4 is 97.0 Å². The lowest BCUT2D eigenvalue weighted by Gasteiger charge is -2.24. The predicted octanol–water partition coefficient (Wildman–Crippen LogP) is 33.2. The van der Waals surface area contributed by atoms with Crippen molar-refractivity contribution in [3.63, 3.8) is 0 Å². The van der Waals surface area contributed by atoms with E-state index >= 15 is 0 Å². The van der Waals surface area contributed by atoms with Crippen LogP contribution < -0.4 is 0 Å². The van der Waals surface area contributed by atoms with Crippen molar-refractivity contribution in [3.8, 4) is 135 Å². The van der Waals surface area contributed by atoms with Crippen LogP contribution >= 0.6 is 0 Å². The SMILES string of the molecule is CC1(C)c2cc(-c3ccc4c5ccccc5c5ccccc5c4c3)ccc2-c2nc(-c3ccccc3)nc(-c3ccccc3)c21.CC1(C)c2cc(-c3ccc4ccc5cccc6ccc3c4c56)ccc2-c2nc(-c3ccccc3)nc(-c3ccccc3)c21.CC1(C)c2ccc(-c3ccc4c5ccccc5c5ccccc5c4c3)cc2-c2nc(-c3ccccc3)nc(-c3ccccc3)c21. The van der Waals surface area contributed by atoms with Crippen molar-refractivity contribution in [3.05, 3.63) is 458 Å². The molecule has 626 valence electrons. The Labute approximate surface area is 772 Å². The molecule has 6 heteroatoms. The largest absolute Gasteiger partial charge is 0.228 e. The van der Waals surface area contributed by atoms with E-state index < -0.39 is 0 Å². The zero-order valence-corrected chi connectivity index (χ0v) is 74.6. The number of rotatable bonds is 9. The van der Waals surface area contributed by atoms with E-state index in [-0.39, 0.29) is 16.2 Å². The predicted molar refractivity (Wildman–Crippen MR) is 556 cm³/mol. The molecule has 21 aromatic carbocycles. The van der Waals surface area contributed by atoms with Gasteiger partial charge in [-0.15, -0.1) is 0 Å². The smallest absolute Gasteiger partial charge is 0.160 e. The fourth-order valence-electron chi connectivity index (χ4n) is 22.2. The van der Waals surface area contributed by atoms with Crippen molar-refractivity contribution in [2.45, 2.75) is 57.8 Å². The molecule has 3 aliphatic rings. The zero-order valence-electron chi connectivity index (χ0n) is 74.6. The second-order valence-corrected chi connectivity index (χ2v) is 37.4. The van der Waals surface area contributed by atoms with Gasteiger partial charge < -0.3 is 0 Å². The molecule has 6 nitrogen and oxygen atoms in total. The van der Waals surface area contributed by atoms with Crippen molar-refractivity contribution in [1.82, 2.24) is 29.9 Å². The van der Waals surface area contributed by atoms with Gasteiger partial charge in [0.15, 0.2) is 17.5 Å². The Bertz CT molecular complexity index is 8790. The van der Waals surface area contributed by atoms with Crippen molar-refractivity contribution in [1.29, 1.82) is 0 Å². The van der Waals surface area contributed by atoms with Crippen LogP contribution in [0.5, 0.6) is 0 Å². The van der Waals surface area contributed by atoms with Gasteiger partial charge in [-0.2, -0.15) is 0 Å². The van der Waals surface area contributed by atoms with E-state index in [0.717, 1.165) is 85.0 Å². The van der Waals surface area contributed by atoms with Gasteiger partial charge in [0, 0.05) is 83.0 Å². The molecule has 0 saturated carbocycles. The van der Waals surface area contributed by atoms with E-state index in [2.05, 4.69) is 436 Å². The van der Waals surface area contributed by atoms with Gasteiger partial charge in [-0.25, -0.2) is 29.9 Å². The highest BCUT2D eigenvalue weighted by molar-refractivity contribution is 6.28. The van der Waals surface area contributed by atoms with Crippen LogP contribution in [-0.4, -0.2) is 29.9 Å². The Balaban J connectivity index is 0.000000107. The molecule has 0 fully saturated rings. The normalized spacial score (nSPS) is 13.4. The van der Waals surface area contributed by atoms with Crippen molar-refractivity contribution in [2.24, 2.45) is 0 Å².